The Morgan fingerprint density at radius 2 is 1.93 bits per heavy atom. The van der Waals surface area contributed by atoms with Crippen molar-refractivity contribution in [3.63, 3.8) is 0 Å². The van der Waals surface area contributed by atoms with E-state index < -0.39 is 0 Å². The first kappa shape index (κ1) is 8.74. The lowest BCUT2D eigenvalue weighted by atomic mass is 10.1. The SMILES string of the molecule is c1ccc2cc(NCC3CO3)ccc2c1. The van der Waals surface area contributed by atoms with Crippen molar-refractivity contribution in [1.82, 2.24) is 0 Å². The number of ether oxygens (including phenoxy) is 1. The van der Waals surface area contributed by atoms with Crippen molar-refractivity contribution in [2.24, 2.45) is 0 Å². The van der Waals surface area contributed by atoms with Gasteiger partial charge in [0.2, 0.25) is 0 Å². The van der Waals surface area contributed by atoms with Crippen LogP contribution in [-0.4, -0.2) is 19.3 Å². The summed E-state index contributed by atoms with van der Waals surface area (Å²) >= 11 is 0. The predicted octanol–water partition coefficient (Wildman–Crippen LogP) is 2.65. The third kappa shape index (κ3) is 1.95. The maximum atomic E-state index is 5.16. The first-order chi connectivity index (χ1) is 7.42. The van der Waals surface area contributed by atoms with Crippen LogP contribution in [0.25, 0.3) is 10.8 Å². The van der Waals surface area contributed by atoms with E-state index >= 15 is 0 Å². The lowest BCUT2D eigenvalue weighted by Crippen LogP contribution is -2.07. The molecule has 1 N–H and O–H groups in total. The molecule has 0 spiro atoms. The van der Waals surface area contributed by atoms with Gasteiger partial charge in [-0.25, -0.2) is 0 Å². The van der Waals surface area contributed by atoms with Crippen LogP contribution in [0, 0.1) is 0 Å². The highest BCUT2D eigenvalue weighted by Gasteiger charge is 2.21. The molecular weight excluding hydrogens is 186 g/mol. The Hall–Kier alpha value is -1.54. The van der Waals surface area contributed by atoms with Crippen molar-refractivity contribution in [2.75, 3.05) is 18.5 Å². The molecule has 0 saturated carbocycles. The summed E-state index contributed by atoms with van der Waals surface area (Å²) < 4.78 is 5.16. The van der Waals surface area contributed by atoms with Crippen LogP contribution in [0.15, 0.2) is 42.5 Å². The fourth-order valence-corrected chi connectivity index (χ4v) is 1.72. The van der Waals surface area contributed by atoms with Crippen LogP contribution in [0.5, 0.6) is 0 Å². The van der Waals surface area contributed by atoms with E-state index in [1.54, 1.807) is 0 Å². The van der Waals surface area contributed by atoms with E-state index in [1.807, 2.05) is 0 Å². The van der Waals surface area contributed by atoms with Crippen LogP contribution in [0.3, 0.4) is 0 Å². The van der Waals surface area contributed by atoms with Gasteiger partial charge in [-0.05, 0) is 22.9 Å². The standard InChI is InChI=1S/C13H13NO/c1-2-4-11-7-12(6-5-10(11)3-1)14-8-13-9-15-13/h1-7,13-14H,8-9H2. The molecule has 0 aliphatic carbocycles. The van der Waals surface area contributed by atoms with Crippen LogP contribution >= 0.6 is 0 Å². The molecule has 0 aromatic heterocycles. The van der Waals surface area contributed by atoms with Crippen LogP contribution in [-0.2, 0) is 4.74 Å². The normalized spacial score (nSPS) is 19.1. The maximum absolute atomic E-state index is 5.16. The summed E-state index contributed by atoms with van der Waals surface area (Å²) in [6.45, 7) is 1.82. The summed E-state index contributed by atoms with van der Waals surface area (Å²) in [4.78, 5) is 0. The zero-order valence-electron chi connectivity index (χ0n) is 8.44. The summed E-state index contributed by atoms with van der Waals surface area (Å²) in [5, 5.41) is 5.93. The monoisotopic (exact) mass is 199 g/mol. The van der Waals surface area contributed by atoms with Gasteiger partial charge in [0.1, 0.15) is 0 Å². The second-order valence-corrected chi connectivity index (χ2v) is 3.90. The van der Waals surface area contributed by atoms with Crippen molar-refractivity contribution < 1.29 is 4.74 Å². The summed E-state index contributed by atoms with van der Waals surface area (Å²) in [5.41, 5.74) is 1.17. The van der Waals surface area contributed by atoms with Gasteiger partial charge in [-0.15, -0.1) is 0 Å². The molecule has 2 aromatic carbocycles. The van der Waals surface area contributed by atoms with E-state index in [1.165, 1.54) is 16.5 Å². The largest absolute Gasteiger partial charge is 0.382 e. The Balaban J connectivity index is 1.84. The van der Waals surface area contributed by atoms with E-state index in [0.717, 1.165) is 13.2 Å². The number of rotatable bonds is 3. The highest BCUT2D eigenvalue weighted by molar-refractivity contribution is 5.85. The van der Waals surface area contributed by atoms with Gasteiger partial charge >= 0.3 is 0 Å². The van der Waals surface area contributed by atoms with Gasteiger partial charge in [-0.2, -0.15) is 0 Å². The van der Waals surface area contributed by atoms with Crippen molar-refractivity contribution >= 4 is 16.5 Å². The Morgan fingerprint density at radius 1 is 1.13 bits per heavy atom. The summed E-state index contributed by atoms with van der Waals surface area (Å²) in [6.07, 6.45) is 0.427. The van der Waals surface area contributed by atoms with E-state index in [4.69, 9.17) is 4.74 Å². The van der Waals surface area contributed by atoms with Crippen LogP contribution in [0.4, 0.5) is 5.69 Å². The Labute approximate surface area is 88.9 Å². The van der Waals surface area contributed by atoms with Gasteiger partial charge in [0.25, 0.3) is 0 Å². The summed E-state index contributed by atoms with van der Waals surface area (Å²) in [7, 11) is 0. The number of nitrogens with one attached hydrogen (secondary N) is 1. The molecule has 15 heavy (non-hydrogen) atoms. The second-order valence-electron chi connectivity index (χ2n) is 3.90. The molecule has 1 aliphatic heterocycles. The highest BCUT2D eigenvalue weighted by Crippen LogP contribution is 2.19. The van der Waals surface area contributed by atoms with Crippen LogP contribution in [0.2, 0.25) is 0 Å². The molecule has 0 radical (unpaired) electrons. The number of anilines is 1. The maximum Gasteiger partial charge on any atom is 0.0981 e. The van der Waals surface area contributed by atoms with Gasteiger partial charge in [0.05, 0.1) is 12.7 Å². The first-order valence-corrected chi connectivity index (χ1v) is 5.26. The van der Waals surface area contributed by atoms with Crippen LogP contribution < -0.4 is 5.32 Å². The molecule has 1 atom stereocenters. The molecule has 1 saturated heterocycles. The number of hydrogen-bond donors (Lipinski definition) is 1. The van der Waals surface area contributed by atoms with Crippen molar-refractivity contribution in [3.8, 4) is 0 Å². The number of fused-ring (bicyclic) bond motifs is 1. The van der Waals surface area contributed by atoms with E-state index in [-0.39, 0.29) is 0 Å². The number of epoxide rings is 1. The van der Waals surface area contributed by atoms with Gasteiger partial charge in [-0.3, -0.25) is 0 Å². The Morgan fingerprint density at radius 3 is 2.73 bits per heavy atom. The molecule has 2 aromatic rings. The van der Waals surface area contributed by atoms with E-state index in [0.29, 0.717) is 6.10 Å². The minimum absolute atomic E-state index is 0.427. The average Bonchev–Trinajstić information content (AvgIpc) is 3.10. The summed E-state index contributed by atoms with van der Waals surface area (Å²) in [5.74, 6) is 0. The third-order valence-corrected chi connectivity index (χ3v) is 2.69. The summed E-state index contributed by atoms with van der Waals surface area (Å²) in [6, 6.07) is 14.8. The molecular formula is C13H13NO. The van der Waals surface area contributed by atoms with E-state index in [2.05, 4.69) is 47.8 Å². The van der Waals surface area contributed by atoms with Crippen molar-refractivity contribution in [2.45, 2.75) is 6.10 Å². The lowest BCUT2D eigenvalue weighted by molar-refractivity contribution is 0.417. The Bertz CT molecular complexity index is 477. The van der Waals surface area contributed by atoms with Crippen molar-refractivity contribution in [3.05, 3.63) is 42.5 Å². The molecule has 1 fully saturated rings. The molecule has 1 unspecified atom stereocenters. The minimum atomic E-state index is 0.427. The first-order valence-electron chi connectivity index (χ1n) is 5.26. The molecule has 0 amide bonds. The molecule has 76 valence electrons. The molecule has 2 heteroatoms. The average molecular weight is 199 g/mol. The fraction of sp³-hybridized carbons (Fsp3) is 0.231. The molecule has 2 nitrogen and oxygen atoms in total. The zero-order valence-corrected chi connectivity index (χ0v) is 8.44. The molecule has 0 bridgehead atoms. The van der Waals surface area contributed by atoms with Gasteiger partial charge in [-0.1, -0.05) is 30.3 Å². The van der Waals surface area contributed by atoms with E-state index in [9.17, 15) is 0 Å². The highest BCUT2D eigenvalue weighted by atomic mass is 16.6. The quantitative estimate of drug-likeness (QED) is 0.768. The number of benzene rings is 2. The fourth-order valence-electron chi connectivity index (χ4n) is 1.72. The van der Waals surface area contributed by atoms with Crippen molar-refractivity contribution in [1.29, 1.82) is 0 Å². The molecule has 1 heterocycles. The van der Waals surface area contributed by atoms with Crippen LogP contribution in [0.1, 0.15) is 0 Å². The predicted molar refractivity (Wildman–Crippen MR) is 62.2 cm³/mol. The lowest BCUT2D eigenvalue weighted by Gasteiger charge is -2.05. The minimum Gasteiger partial charge on any atom is -0.382 e. The Kier molecular flexibility index (Phi) is 2.07. The third-order valence-electron chi connectivity index (χ3n) is 2.69. The second kappa shape index (κ2) is 3.55. The topological polar surface area (TPSA) is 24.6 Å². The van der Waals surface area contributed by atoms with Gasteiger partial charge in [0.15, 0.2) is 0 Å². The van der Waals surface area contributed by atoms with Gasteiger partial charge < -0.3 is 10.1 Å². The number of hydrogen-bond acceptors (Lipinski definition) is 2. The smallest absolute Gasteiger partial charge is 0.0981 e. The molecule has 1 aliphatic rings. The zero-order chi connectivity index (χ0) is 10.1. The van der Waals surface area contributed by atoms with Gasteiger partial charge in [0, 0.05) is 12.2 Å². The molecule has 3 rings (SSSR count).